The maximum absolute atomic E-state index is 12.1. The molecule has 0 saturated heterocycles. The monoisotopic (exact) mass is 394 g/mol. The van der Waals surface area contributed by atoms with Gasteiger partial charge in [0.2, 0.25) is 0 Å². The number of nitrogens with two attached hydrogens (primary N) is 3. The summed E-state index contributed by atoms with van der Waals surface area (Å²) in [5.74, 6) is -1.05. The highest BCUT2D eigenvalue weighted by molar-refractivity contribution is 6.31. The van der Waals surface area contributed by atoms with Crippen molar-refractivity contribution < 1.29 is 14.5 Å². The number of nitro benzene ring substituents is 1. The number of carbonyl (C=O) groups is 1. The highest BCUT2D eigenvalue weighted by Crippen LogP contribution is 2.24. The van der Waals surface area contributed by atoms with Crippen LogP contribution >= 0.6 is 11.6 Å². The van der Waals surface area contributed by atoms with E-state index in [0.29, 0.717) is 11.3 Å². The van der Waals surface area contributed by atoms with Crippen LogP contribution in [0.5, 0.6) is 5.75 Å². The Hall–Kier alpha value is -3.67. The second kappa shape index (κ2) is 8.14. The number of anilines is 2. The number of amides is 1. The lowest BCUT2D eigenvalue weighted by atomic mass is 10.2. The number of hydrogen-bond donors (Lipinski definition) is 4. The Morgan fingerprint density at radius 3 is 2.70 bits per heavy atom. The van der Waals surface area contributed by atoms with Gasteiger partial charge in [-0.2, -0.15) is 0 Å². The predicted octanol–water partition coefficient (Wildman–Crippen LogP) is 0.456. The number of hydrogen-bond acceptors (Lipinski definition) is 9. The lowest BCUT2D eigenvalue weighted by Crippen LogP contribution is -2.37. The van der Waals surface area contributed by atoms with E-state index in [2.05, 4.69) is 20.3 Å². The zero-order valence-corrected chi connectivity index (χ0v) is 14.7. The third kappa shape index (κ3) is 4.70. The molecule has 13 heteroatoms. The number of halogens is 1. The number of nitrogens with one attached hydrogen (secondary N) is 1. The molecule has 1 aromatic carbocycles. The first-order chi connectivity index (χ1) is 12.7. The maximum atomic E-state index is 12.1. The highest BCUT2D eigenvalue weighted by atomic mass is 35.5. The van der Waals surface area contributed by atoms with Crippen LogP contribution in [-0.4, -0.2) is 33.9 Å². The van der Waals surface area contributed by atoms with Gasteiger partial charge in [0.15, 0.2) is 28.4 Å². The Balaban J connectivity index is 2.17. The molecule has 0 fully saturated rings. The first kappa shape index (κ1) is 19.7. The Kier molecular flexibility index (Phi) is 5.92. The Morgan fingerprint density at radius 1 is 1.37 bits per heavy atom. The van der Waals surface area contributed by atoms with Gasteiger partial charge in [0, 0.05) is 17.7 Å². The average molecular weight is 395 g/mol. The van der Waals surface area contributed by atoms with Gasteiger partial charge in [0.05, 0.1) is 18.6 Å². The van der Waals surface area contributed by atoms with Crippen molar-refractivity contribution in [3.63, 3.8) is 0 Å². The topological polar surface area (TPSA) is 198 Å². The summed E-state index contributed by atoms with van der Waals surface area (Å²) < 4.78 is 5.12. The summed E-state index contributed by atoms with van der Waals surface area (Å²) in [6.07, 6.45) is 0. The molecular formula is C14H15ClN8O4. The number of aromatic nitrogens is 2. The fraction of sp³-hybridized carbons (Fsp3) is 0.143. The third-order valence-corrected chi connectivity index (χ3v) is 3.53. The number of nitrogens with zero attached hydrogens (tertiary/aromatic N) is 4. The summed E-state index contributed by atoms with van der Waals surface area (Å²) in [7, 11) is 1.41. The molecule has 0 aliphatic heterocycles. The minimum Gasteiger partial charge on any atom is -0.496 e. The van der Waals surface area contributed by atoms with Crippen LogP contribution in [0.25, 0.3) is 0 Å². The van der Waals surface area contributed by atoms with Gasteiger partial charge in [0.1, 0.15) is 5.75 Å². The molecule has 0 unspecified atom stereocenters. The predicted molar refractivity (Wildman–Crippen MR) is 98.3 cm³/mol. The summed E-state index contributed by atoms with van der Waals surface area (Å²) in [5, 5.41) is 13.0. The zero-order valence-electron chi connectivity index (χ0n) is 14.0. The summed E-state index contributed by atoms with van der Waals surface area (Å²) >= 11 is 5.72. The van der Waals surface area contributed by atoms with Crippen LogP contribution in [0.2, 0.25) is 5.15 Å². The summed E-state index contributed by atoms with van der Waals surface area (Å²) in [6, 6.07) is 4.02. The standard InChI is InChI=1S/C14H15ClN8O4/c1-27-8-3-2-7(23(25)26)4-6(8)5-19-14(18)22-13(24)9-11(16)21-12(17)10(15)20-9/h2-4H,5H2,1H3,(H4,16,17,21)(H3,18,19,22,24). The Bertz CT molecular complexity index is 934. The molecule has 2 aromatic rings. The normalized spacial score (nSPS) is 11.1. The number of non-ortho nitro benzene ring substituents is 1. The number of aliphatic imine (C=N–C) groups is 1. The largest absolute Gasteiger partial charge is 0.496 e. The molecule has 7 N–H and O–H groups in total. The van der Waals surface area contributed by atoms with Crippen molar-refractivity contribution in [2.45, 2.75) is 6.54 Å². The van der Waals surface area contributed by atoms with Crippen molar-refractivity contribution in [3.05, 3.63) is 44.7 Å². The fourth-order valence-corrected chi connectivity index (χ4v) is 2.12. The van der Waals surface area contributed by atoms with Crippen LogP contribution in [0.4, 0.5) is 17.3 Å². The van der Waals surface area contributed by atoms with Crippen molar-refractivity contribution in [1.29, 1.82) is 0 Å². The van der Waals surface area contributed by atoms with Crippen molar-refractivity contribution in [3.8, 4) is 5.75 Å². The van der Waals surface area contributed by atoms with E-state index < -0.39 is 10.8 Å². The van der Waals surface area contributed by atoms with E-state index in [1.165, 1.54) is 25.3 Å². The molecule has 0 atom stereocenters. The molecule has 0 radical (unpaired) electrons. The molecule has 12 nitrogen and oxygen atoms in total. The number of carbonyl (C=O) groups excluding carboxylic acids is 1. The molecule has 0 saturated carbocycles. The van der Waals surface area contributed by atoms with Gasteiger partial charge in [-0.25, -0.2) is 15.0 Å². The lowest BCUT2D eigenvalue weighted by Gasteiger charge is -2.08. The summed E-state index contributed by atoms with van der Waals surface area (Å²) in [6.45, 7) is -0.0827. The quantitative estimate of drug-likeness (QED) is 0.240. The molecule has 0 aliphatic rings. The SMILES string of the molecule is COc1ccc([N+](=O)[O-])cc1CN=C(N)NC(=O)c1nc(Cl)c(N)nc1N. The third-order valence-electron chi connectivity index (χ3n) is 3.26. The van der Waals surface area contributed by atoms with Crippen molar-refractivity contribution in [2.75, 3.05) is 18.6 Å². The van der Waals surface area contributed by atoms with Crippen LogP contribution in [-0.2, 0) is 6.54 Å². The van der Waals surface area contributed by atoms with Crippen molar-refractivity contribution >= 4 is 40.8 Å². The highest BCUT2D eigenvalue weighted by Gasteiger charge is 2.17. The van der Waals surface area contributed by atoms with Crippen LogP contribution in [0.3, 0.4) is 0 Å². The fourth-order valence-electron chi connectivity index (χ4n) is 2.00. The van der Waals surface area contributed by atoms with Gasteiger partial charge in [0.25, 0.3) is 11.6 Å². The maximum Gasteiger partial charge on any atom is 0.280 e. The van der Waals surface area contributed by atoms with Gasteiger partial charge < -0.3 is 21.9 Å². The van der Waals surface area contributed by atoms with E-state index in [4.69, 9.17) is 33.5 Å². The molecule has 1 amide bonds. The minimum absolute atomic E-state index is 0.0827. The number of guanidine groups is 1. The minimum atomic E-state index is -0.797. The molecule has 1 heterocycles. The van der Waals surface area contributed by atoms with Gasteiger partial charge in [-0.05, 0) is 6.07 Å². The first-order valence-electron chi connectivity index (χ1n) is 7.24. The molecular weight excluding hydrogens is 380 g/mol. The Labute approximate surface area is 157 Å². The van der Waals surface area contributed by atoms with Gasteiger partial charge in [-0.1, -0.05) is 11.6 Å². The Morgan fingerprint density at radius 2 is 2.07 bits per heavy atom. The summed E-state index contributed by atoms with van der Waals surface area (Å²) in [5.41, 5.74) is 16.7. The molecule has 0 aliphatic carbocycles. The molecule has 27 heavy (non-hydrogen) atoms. The number of ether oxygens (including phenoxy) is 1. The number of methoxy groups -OCH3 is 1. The second-order valence-electron chi connectivity index (χ2n) is 5.04. The number of nitro groups is 1. The van der Waals surface area contributed by atoms with E-state index in [9.17, 15) is 14.9 Å². The van der Waals surface area contributed by atoms with Gasteiger partial charge in [-0.15, -0.1) is 0 Å². The smallest absolute Gasteiger partial charge is 0.280 e. The average Bonchev–Trinajstić information content (AvgIpc) is 2.62. The second-order valence-corrected chi connectivity index (χ2v) is 5.40. The number of benzene rings is 1. The van der Waals surface area contributed by atoms with Gasteiger partial charge in [-0.3, -0.25) is 20.2 Å². The van der Waals surface area contributed by atoms with Crippen molar-refractivity contribution in [2.24, 2.45) is 10.7 Å². The molecule has 2 rings (SSSR count). The van der Waals surface area contributed by atoms with Crippen molar-refractivity contribution in [1.82, 2.24) is 15.3 Å². The van der Waals surface area contributed by atoms with Crippen LogP contribution < -0.4 is 27.3 Å². The van der Waals surface area contributed by atoms with Crippen LogP contribution in [0.1, 0.15) is 16.1 Å². The van der Waals surface area contributed by atoms with Gasteiger partial charge >= 0.3 is 0 Å². The molecule has 142 valence electrons. The molecule has 1 aromatic heterocycles. The summed E-state index contributed by atoms with van der Waals surface area (Å²) in [4.78, 5) is 33.8. The van der Waals surface area contributed by atoms with Crippen LogP contribution in [0.15, 0.2) is 23.2 Å². The number of nitrogen functional groups attached to an aromatic ring is 2. The zero-order chi connectivity index (χ0) is 20.1. The number of rotatable bonds is 5. The van der Waals surface area contributed by atoms with E-state index in [1.54, 1.807) is 0 Å². The van der Waals surface area contributed by atoms with E-state index in [-0.39, 0.29) is 40.7 Å². The van der Waals surface area contributed by atoms with E-state index >= 15 is 0 Å². The first-order valence-corrected chi connectivity index (χ1v) is 7.61. The van der Waals surface area contributed by atoms with E-state index in [1.807, 2.05) is 0 Å². The molecule has 0 spiro atoms. The molecule has 0 bridgehead atoms. The lowest BCUT2D eigenvalue weighted by molar-refractivity contribution is -0.384. The van der Waals surface area contributed by atoms with Crippen LogP contribution in [0, 0.1) is 10.1 Å². The van der Waals surface area contributed by atoms with E-state index in [0.717, 1.165) is 0 Å².